The largest absolute Gasteiger partial charge is 0.497 e. The van der Waals surface area contributed by atoms with Crippen LogP contribution in [-0.4, -0.2) is 24.7 Å². The number of halogens is 1. The van der Waals surface area contributed by atoms with Crippen LogP contribution in [0.1, 0.15) is 29.6 Å². The van der Waals surface area contributed by atoms with Gasteiger partial charge in [0.1, 0.15) is 5.75 Å². The molecule has 4 nitrogen and oxygen atoms in total. The topological polar surface area (TPSA) is 58.6 Å². The van der Waals surface area contributed by atoms with Gasteiger partial charge in [-0.25, -0.2) is 0 Å². The van der Waals surface area contributed by atoms with Crippen molar-refractivity contribution < 1.29 is 14.6 Å². The Labute approximate surface area is 146 Å². The molecular formula is C19H20ClNO3. The summed E-state index contributed by atoms with van der Waals surface area (Å²) in [5.41, 5.74) is 1.85. The van der Waals surface area contributed by atoms with Crippen LogP contribution in [0.15, 0.2) is 48.5 Å². The Morgan fingerprint density at radius 2 is 2.08 bits per heavy atom. The van der Waals surface area contributed by atoms with Crippen molar-refractivity contribution in [1.29, 1.82) is 0 Å². The van der Waals surface area contributed by atoms with Gasteiger partial charge in [-0.05, 0) is 47.7 Å². The van der Waals surface area contributed by atoms with Crippen LogP contribution in [0, 0.1) is 5.92 Å². The monoisotopic (exact) mass is 345 g/mol. The van der Waals surface area contributed by atoms with Gasteiger partial charge in [-0.1, -0.05) is 35.9 Å². The molecule has 0 spiro atoms. The Balaban J connectivity index is 1.52. The van der Waals surface area contributed by atoms with Crippen molar-refractivity contribution in [3.63, 3.8) is 0 Å². The SMILES string of the molecule is COc1cccc(C2CC2C(=O)NCC(O)c2ccc(Cl)cc2)c1. The van der Waals surface area contributed by atoms with Crippen molar-refractivity contribution in [2.24, 2.45) is 5.92 Å². The van der Waals surface area contributed by atoms with Gasteiger partial charge in [0.15, 0.2) is 0 Å². The van der Waals surface area contributed by atoms with E-state index in [4.69, 9.17) is 16.3 Å². The molecule has 1 fully saturated rings. The molecule has 1 aliphatic carbocycles. The summed E-state index contributed by atoms with van der Waals surface area (Å²) in [6.07, 6.45) is 0.0935. The Hall–Kier alpha value is -2.04. The summed E-state index contributed by atoms with van der Waals surface area (Å²) in [7, 11) is 1.63. The van der Waals surface area contributed by atoms with Crippen LogP contribution >= 0.6 is 11.6 Å². The Kier molecular flexibility index (Phi) is 5.07. The maximum absolute atomic E-state index is 12.3. The smallest absolute Gasteiger partial charge is 0.223 e. The first-order chi connectivity index (χ1) is 11.6. The average Bonchev–Trinajstić information content (AvgIpc) is 3.41. The summed E-state index contributed by atoms with van der Waals surface area (Å²) in [5, 5.41) is 13.6. The van der Waals surface area contributed by atoms with Gasteiger partial charge in [0.2, 0.25) is 5.91 Å². The lowest BCUT2D eigenvalue weighted by Gasteiger charge is -2.12. The third-order valence-corrected chi connectivity index (χ3v) is 4.63. The van der Waals surface area contributed by atoms with E-state index in [0.29, 0.717) is 5.02 Å². The molecule has 0 bridgehead atoms. The quantitative estimate of drug-likeness (QED) is 0.844. The molecule has 0 aliphatic heterocycles. The molecule has 2 aromatic carbocycles. The third-order valence-electron chi connectivity index (χ3n) is 4.37. The molecule has 24 heavy (non-hydrogen) atoms. The highest BCUT2D eigenvalue weighted by Crippen LogP contribution is 2.48. The molecule has 3 rings (SSSR count). The van der Waals surface area contributed by atoms with E-state index in [-0.39, 0.29) is 24.3 Å². The van der Waals surface area contributed by atoms with Gasteiger partial charge in [0, 0.05) is 17.5 Å². The number of aliphatic hydroxyl groups is 1. The molecule has 3 atom stereocenters. The van der Waals surface area contributed by atoms with Crippen molar-refractivity contribution in [2.75, 3.05) is 13.7 Å². The number of hydrogen-bond donors (Lipinski definition) is 2. The molecule has 0 aromatic heterocycles. The molecule has 3 unspecified atom stereocenters. The van der Waals surface area contributed by atoms with Crippen molar-refractivity contribution in [3.8, 4) is 5.75 Å². The van der Waals surface area contributed by atoms with E-state index in [1.54, 1.807) is 31.4 Å². The number of carbonyl (C=O) groups excluding carboxylic acids is 1. The molecule has 1 saturated carbocycles. The second kappa shape index (κ2) is 7.24. The molecule has 0 saturated heterocycles. The highest BCUT2D eigenvalue weighted by molar-refractivity contribution is 6.30. The van der Waals surface area contributed by atoms with Crippen LogP contribution in [0.25, 0.3) is 0 Å². The van der Waals surface area contributed by atoms with E-state index in [1.807, 2.05) is 24.3 Å². The van der Waals surface area contributed by atoms with E-state index >= 15 is 0 Å². The molecule has 2 N–H and O–H groups in total. The number of ether oxygens (including phenoxy) is 1. The highest BCUT2D eigenvalue weighted by Gasteiger charge is 2.44. The summed E-state index contributed by atoms with van der Waals surface area (Å²) in [6, 6.07) is 14.8. The van der Waals surface area contributed by atoms with E-state index in [1.165, 1.54) is 0 Å². The van der Waals surface area contributed by atoms with Crippen molar-refractivity contribution in [3.05, 3.63) is 64.7 Å². The zero-order valence-corrected chi connectivity index (χ0v) is 14.2. The van der Waals surface area contributed by atoms with Gasteiger partial charge in [-0.15, -0.1) is 0 Å². The van der Waals surface area contributed by atoms with Crippen LogP contribution in [0.4, 0.5) is 0 Å². The molecule has 2 aromatic rings. The molecular weight excluding hydrogens is 326 g/mol. The maximum atomic E-state index is 12.3. The number of rotatable bonds is 6. The minimum absolute atomic E-state index is 0.0177. The van der Waals surface area contributed by atoms with Gasteiger partial charge in [0.05, 0.1) is 13.2 Å². The number of aliphatic hydroxyl groups excluding tert-OH is 1. The lowest BCUT2D eigenvalue weighted by atomic mass is 10.1. The summed E-state index contributed by atoms with van der Waals surface area (Å²) < 4.78 is 5.22. The van der Waals surface area contributed by atoms with E-state index in [9.17, 15) is 9.90 Å². The standard InChI is InChI=1S/C19H20ClNO3/c1-24-15-4-2-3-13(9-15)16-10-17(16)19(23)21-11-18(22)12-5-7-14(20)8-6-12/h2-9,16-18,22H,10-11H2,1H3,(H,21,23). The maximum Gasteiger partial charge on any atom is 0.223 e. The van der Waals surface area contributed by atoms with Crippen LogP contribution in [-0.2, 0) is 4.79 Å². The summed E-state index contributed by atoms with van der Waals surface area (Å²) in [5.74, 6) is 0.981. The Bertz CT molecular complexity index is 717. The Morgan fingerprint density at radius 3 is 2.79 bits per heavy atom. The lowest BCUT2D eigenvalue weighted by molar-refractivity contribution is -0.122. The van der Waals surface area contributed by atoms with Crippen molar-refractivity contribution >= 4 is 17.5 Å². The van der Waals surface area contributed by atoms with Gasteiger partial charge < -0.3 is 15.2 Å². The highest BCUT2D eigenvalue weighted by atomic mass is 35.5. The third kappa shape index (κ3) is 3.89. The van der Waals surface area contributed by atoms with Crippen LogP contribution in [0.3, 0.4) is 0 Å². The fourth-order valence-electron chi connectivity index (χ4n) is 2.86. The zero-order chi connectivity index (χ0) is 17.1. The number of hydrogen-bond acceptors (Lipinski definition) is 3. The average molecular weight is 346 g/mol. The first kappa shape index (κ1) is 16.8. The number of benzene rings is 2. The first-order valence-electron chi connectivity index (χ1n) is 7.93. The van der Waals surface area contributed by atoms with Crippen LogP contribution < -0.4 is 10.1 Å². The van der Waals surface area contributed by atoms with Crippen molar-refractivity contribution in [1.82, 2.24) is 5.32 Å². The van der Waals surface area contributed by atoms with Crippen LogP contribution in [0.5, 0.6) is 5.75 Å². The van der Waals surface area contributed by atoms with Gasteiger partial charge in [-0.2, -0.15) is 0 Å². The lowest BCUT2D eigenvalue weighted by Crippen LogP contribution is -2.30. The summed E-state index contributed by atoms with van der Waals surface area (Å²) in [4.78, 5) is 12.3. The fraction of sp³-hybridized carbons (Fsp3) is 0.316. The van der Waals surface area contributed by atoms with Gasteiger partial charge in [0.25, 0.3) is 0 Å². The molecule has 1 amide bonds. The van der Waals surface area contributed by atoms with Crippen molar-refractivity contribution in [2.45, 2.75) is 18.4 Å². The molecule has 0 heterocycles. The predicted octanol–water partition coefficient (Wildman–Crippen LogP) is 3.30. The van der Waals surface area contributed by atoms with E-state index in [2.05, 4.69) is 5.32 Å². The minimum Gasteiger partial charge on any atom is -0.497 e. The van der Waals surface area contributed by atoms with Gasteiger partial charge in [-0.3, -0.25) is 4.79 Å². The molecule has 1 aliphatic rings. The van der Waals surface area contributed by atoms with Crippen LogP contribution in [0.2, 0.25) is 5.02 Å². The second-order valence-corrected chi connectivity index (χ2v) is 6.47. The fourth-order valence-corrected chi connectivity index (χ4v) is 2.98. The second-order valence-electron chi connectivity index (χ2n) is 6.04. The number of carbonyl (C=O) groups is 1. The first-order valence-corrected chi connectivity index (χ1v) is 8.31. The van der Waals surface area contributed by atoms with E-state index < -0.39 is 6.10 Å². The summed E-state index contributed by atoms with van der Waals surface area (Å²) >= 11 is 5.83. The molecule has 5 heteroatoms. The minimum atomic E-state index is -0.736. The number of amides is 1. The Morgan fingerprint density at radius 1 is 1.33 bits per heavy atom. The number of nitrogens with one attached hydrogen (secondary N) is 1. The van der Waals surface area contributed by atoms with Gasteiger partial charge >= 0.3 is 0 Å². The normalized spacial score (nSPS) is 20.3. The van der Waals surface area contributed by atoms with E-state index in [0.717, 1.165) is 23.3 Å². The number of methoxy groups -OCH3 is 1. The molecule has 126 valence electrons. The zero-order valence-electron chi connectivity index (χ0n) is 13.4. The molecule has 0 radical (unpaired) electrons. The predicted molar refractivity (Wildman–Crippen MR) is 93.3 cm³/mol. The summed E-state index contributed by atoms with van der Waals surface area (Å²) in [6.45, 7) is 0.196.